The number of likely N-dealkylation sites (tertiary alicyclic amines) is 1. The van der Waals surface area contributed by atoms with E-state index in [0.717, 1.165) is 32.2 Å². The predicted molar refractivity (Wildman–Crippen MR) is 88.6 cm³/mol. The number of hydrogen-bond donors (Lipinski definition) is 1. The molecule has 0 spiro atoms. The van der Waals surface area contributed by atoms with E-state index in [0.29, 0.717) is 12.0 Å². The van der Waals surface area contributed by atoms with Gasteiger partial charge in [-0.2, -0.15) is 0 Å². The Kier molecular flexibility index (Phi) is 6.01. The highest BCUT2D eigenvalue weighted by molar-refractivity contribution is 5.81. The molecule has 0 aromatic carbocycles. The molecule has 0 bridgehead atoms. The van der Waals surface area contributed by atoms with Crippen LogP contribution in [0.3, 0.4) is 0 Å². The Bertz CT molecular complexity index is 375. The summed E-state index contributed by atoms with van der Waals surface area (Å²) < 4.78 is 0. The summed E-state index contributed by atoms with van der Waals surface area (Å²) in [7, 11) is 0. The van der Waals surface area contributed by atoms with Gasteiger partial charge in [-0.1, -0.05) is 40.0 Å². The zero-order valence-electron chi connectivity index (χ0n) is 14.4. The van der Waals surface area contributed by atoms with Crippen molar-refractivity contribution < 1.29 is 9.59 Å². The summed E-state index contributed by atoms with van der Waals surface area (Å²) in [5.41, 5.74) is -0.308. The van der Waals surface area contributed by atoms with Crippen molar-refractivity contribution in [2.24, 2.45) is 11.3 Å². The summed E-state index contributed by atoms with van der Waals surface area (Å²) >= 11 is 0. The number of carbonyl (C=O) groups is 2. The van der Waals surface area contributed by atoms with Crippen molar-refractivity contribution in [2.45, 2.75) is 77.8 Å². The monoisotopic (exact) mass is 308 g/mol. The highest BCUT2D eigenvalue weighted by Gasteiger charge is 2.33. The average Bonchev–Trinajstić information content (AvgIpc) is 2.52. The first-order chi connectivity index (χ1) is 10.4. The lowest BCUT2D eigenvalue weighted by Crippen LogP contribution is -2.50. The fourth-order valence-corrected chi connectivity index (χ4v) is 3.76. The van der Waals surface area contributed by atoms with Crippen molar-refractivity contribution in [3.05, 3.63) is 0 Å². The third kappa shape index (κ3) is 4.55. The van der Waals surface area contributed by atoms with E-state index in [-0.39, 0.29) is 17.4 Å². The number of amides is 1. The standard InChI is InChI=1S/C18H32N2O2/c1-18(2,3)17(22)20-11-9-14(10-12-20)16(13-21)19-15-7-5-4-6-8-15/h13-16,19H,4-12H2,1-3H3/t16-/m0/s1. The van der Waals surface area contributed by atoms with E-state index in [2.05, 4.69) is 5.32 Å². The van der Waals surface area contributed by atoms with Gasteiger partial charge in [-0.25, -0.2) is 0 Å². The number of rotatable bonds is 4. The molecule has 22 heavy (non-hydrogen) atoms. The van der Waals surface area contributed by atoms with E-state index < -0.39 is 0 Å². The van der Waals surface area contributed by atoms with Crippen LogP contribution in [0.25, 0.3) is 0 Å². The Morgan fingerprint density at radius 3 is 2.18 bits per heavy atom. The molecule has 126 valence electrons. The molecule has 1 heterocycles. The lowest BCUT2D eigenvalue weighted by Gasteiger charge is -2.38. The van der Waals surface area contributed by atoms with Gasteiger partial charge in [-0.05, 0) is 31.6 Å². The maximum atomic E-state index is 12.3. The van der Waals surface area contributed by atoms with Crippen LogP contribution >= 0.6 is 0 Å². The van der Waals surface area contributed by atoms with Crippen LogP contribution in [-0.2, 0) is 9.59 Å². The number of nitrogens with one attached hydrogen (secondary N) is 1. The molecule has 1 saturated carbocycles. The Labute approximate surface area is 135 Å². The minimum absolute atomic E-state index is 0.0324. The lowest BCUT2D eigenvalue weighted by atomic mass is 9.86. The molecule has 1 aliphatic carbocycles. The van der Waals surface area contributed by atoms with Gasteiger partial charge in [0.15, 0.2) is 0 Å². The molecule has 0 aromatic rings. The summed E-state index contributed by atoms with van der Waals surface area (Å²) in [5, 5.41) is 3.58. The van der Waals surface area contributed by atoms with Gasteiger partial charge < -0.3 is 15.0 Å². The second-order valence-corrected chi connectivity index (χ2v) is 8.04. The molecule has 4 nitrogen and oxygen atoms in total. The van der Waals surface area contributed by atoms with Gasteiger partial charge in [-0.3, -0.25) is 4.79 Å². The van der Waals surface area contributed by atoms with Gasteiger partial charge in [0, 0.05) is 24.5 Å². The largest absolute Gasteiger partial charge is 0.342 e. The van der Waals surface area contributed by atoms with Crippen molar-refractivity contribution in [2.75, 3.05) is 13.1 Å². The first-order valence-corrected chi connectivity index (χ1v) is 8.92. The van der Waals surface area contributed by atoms with Gasteiger partial charge in [0.25, 0.3) is 0 Å². The van der Waals surface area contributed by atoms with Crippen LogP contribution in [0.5, 0.6) is 0 Å². The number of aldehydes is 1. The van der Waals surface area contributed by atoms with Crippen LogP contribution in [0, 0.1) is 11.3 Å². The highest BCUT2D eigenvalue weighted by atomic mass is 16.2. The molecular weight excluding hydrogens is 276 g/mol. The quantitative estimate of drug-likeness (QED) is 0.813. The zero-order valence-corrected chi connectivity index (χ0v) is 14.4. The Balaban J connectivity index is 1.83. The molecular formula is C18H32N2O2. The van der Waals surface area contributed by atoms with Crippen LogP contribution in [-0.4, -0.2) is 42.3 Å². The van der Waals surface area contributed by atoms with Crippen LogP contribution in [0.2, 0.25) is 0 Å². The van der Waals surface area contributed by atoms with Gasteiger partial charge >= 0.3 is 0 Å². The SMILES string of the molecule is CC(C)(C)C(=O)N1CCC([C@H](C=O)NC2CCCCC2)CC1. The van der Waals surface area contributed by atoms with Crippen LogP contribution in [0.1, 0.15) is 65.7 Å². The maximum absolute atomic E-state index is 12.3. The molecule has 1 aliphatic heterocycles. The number of hydrogen-bond acceptors (Lipinski definition) is 3. The molecule has 0 aromatic heterocycles. The second kappa shape index (κ2) is 7.58. The molecule has 1 amide bonds. The first-order valence-electron chi connectivity index (χ1n) is 8.92. The van der Waals surface area contributed by atoms with Crippen molar-refractivity contribution in [3.63, 3.8) is 0 Å². The van der Waals surface area contributed by atoms with E-state index in [1.54, 1.807) is 0 Å². The summed E-state index contributed by atoms with van der Waals surface area (Å²) in [5.74, 6) is 0.609. The number of piperidine rings is 1. The topological polar surface area (TPSA) is 49.4 Å². The van der Waals surface area contributed by atoms with Gasteiger partial charge in [0.05, 0.1) is 6.04 Å². The van der Waals surface area contributed by atoms with Crippen molar-refractivity contribution in [1.29, 1.82) is 0 Å². The van der Waals surface area contributed by atoms with Gasteiger partial charge in [-0.15, -0.1) is 0 Å². The van der Waals surface area contributed by atoms with E-state index in [9.17, 15) is 9.59 Å². The Morgan fingerprint density at radius 2 is 1.68 bits per heavy atom. The zero-order chi connectivity index (χ0) is 16.2. The Hall–Kier alpha value is -0.900. The average molecular weight is 308 g/mol. The normalized spacial score (nSPS) is 23.3. The molecule has 0 unspecified atom stereocenters. The smallest absolute Gasteiger partial charge is 0.227 e. The summed E-state index contributed by atoms with van der Waals surface area (Å²) in [4.78, 5) is 25.8. The predicted octanol–water partition coefficient (Wildman–Crippen LogP) is 2.76. The van der Waals surface area contributed by atoms with Crippen molar-refractivity contribution >= 4 is 12.2 Å². The molecule has 1 saturated heterocycles. The van der Waals surface area contributed by atoms with E-state index in [1.165, 1.54) is 32.1 Å². The van der Waals surface area contributed by atoms with Crippen LogP contribution in [0.4, 0.5) is 0 Å². The third-order valence-corrected chi connectivity index (χ3v) is 5.16. The lowest BCUT2D eigenvalue weighted by molar-refractivity contribution is -0.141. The fraction of sp³-hybridized carbons (Fsp3) is 0.889. The second-order valence-electron chi connectivity index (χ2n) is 8.04. The van der Waals surface area contributed by atoms with Crippen LogP contribution in [0.15, 0.2) is 0 Å². The highest BCUT2D eigenvalue weighted by Crippen LogP contribution is 2.26. The van der Waals surface area contributed by atoms with Gasteiger partial charge in [0.1, 0.15) is 6.29 Å². The Morgan fingerprint density at radius 1 is 1.09 bits per heavy atom. The summed E-state index contributed by atoms with van der Waals surface area (Å²) in [6, 6.07) is 0.480. The maximum Gasteiger partial charge on any atom is 0.227 e. The summed E-state index contributed by atoms with van der Waals surface area (Å²) in [6.45, 7) is 7.50. The van der Waals surface area contributed by atoms with Crippen molar-refractivity contribution in [3.8, 4) is 0 Å². The number of carbonyl (C=O) groups excluding carboxylic acids is 2. The van der Waals surface area contributed by atoms with E-state index in [1.807, 2.05) is 25.7 Å². The molecule has 0 radical (unpaired) electrons. The fourth-order valence-electron chi connectivity index (χ4n) is 3.76. The molecule has 2 aliphatic rings. The molecule has 1 N–H and O–H groups in total. The summed E-state index contributed by atoms with van der Waals surface area (Å²) in [6.07, 6.45) is 9.26. The number of nitrogens with zero attached hydrogens (tertiary/aromatic N) is 1. The van der Waals surface area contributed by atoms with Gasteiger partial charge in [0.2, 0.25) is 5.91 Å². The first kappa shape index (κ1) is 17.5. The molecule has 4 heteroatoms. The molecule has 1 atom stereocenters. The van der Waals surface area contributed by atoms with Crippen LogP contribution < -0.4 is 5.32 Å². The third-order valence-electron chi connectivity index (χ3n) is 5.16. The van der Waals surface area contributed by atoms with E-state index in [4.69, 9.17) is 0 Å². The van der Waals surface area contributed by atoms with Crippen molar-refractivity contribution in [1.82, 2.24) is 10.2 Å². The molecule has 2 fully saturated rings. The molecule has 2 rings (SSSR count). The minimum Gasteiger partial charge on any atom is -0.342 e. The van der Waals surface area contributed by atoms with E-state index >= 15 is 0 Å². The minimum atomic E-state index is -0.308.